The van der Waals surface area contributed by atoms with Crippen LogP contribution in [-0.2, 0) is 26.2 Å². The van der Waals surface area contributed by atoms with Crippen LogP contribution in [-0.4, -0.2) is 44.8 Å². The van der Waals surface area contributed by atoms with Gasteiger partial charge in [-0.1, -0.05) is 65.2 Å². The number of nitrogens with zero attached hydrogens (tertiary/aromatic N) is 2. The van der Waals surface area contributed by atoms with E-state index in [1.165, 1.54) is 30.1 Å². The molecule has 2 amide bonds. The van der Waals surface area contributed by atoms with Gasteiger partial charge in [0.15, 0.2) is 0 Å². The van der Waals surface area contributed by atoms with E-state index in [9.17, 15) is 18.0 Å². The minimum absolute atomic E-state index is 0.0141. The molecule has 3 rings (SSSR count). The molecule has 0 fully saturated rings. The van der Waals surface area contributed by atoms with E-state index in [2.05, 4.69) is 5.32 Å². The van der Waals surface area contributed by atoms with Crippen LogP contribution in [0.2, 0.25) is 10.0 Å². The number of aryl methyl sites for hydroxylation is 2. The summed E-state index contributed by atoms with van der Waals surface area (Å²) in [6.07, 6.45) is 0. The van der Waals surface area contributed by atoms with Crippen LogP contribution in [0.25, 0.3) is 0 Å². The Kier molecular flexibility index (Phi) is 9.23. The average Bonchev–Trinajstić information content (AvgIpc) is 2.87. The molecule has 1 atom stereocenters. The number of rotatable bonds is 9. The number of carbonyl (C=O) groups is 2. The zero-order valence-electron chi connectivity index (χ0n) is 21.0. The highest BCUT2D eigenvalue weighted by atomic mass is 35.5. The number of hydrogen-bond acceptors (Lipinski definition) is 4. The molecule has 0 aliphatic carbocycles. The molecule has 7 nitrogen and oxygen atoms in total. The third-order valence-electron chi connectivity index (χ3n) is 6.04. The number of carbonyl (C=O) groups excluding carboxylic acids is 2. The largest absolute Gasteiger partial charge is 0.357 e. The molecule has 37 heavy (non-hydrogen) atoms. The molecule has 0 aliphatic rings. The van der Waals surface area contributed by atoms with Crippen LogP contribution in [0.1, 0.15) is 23.6 Å². The molecule has 0 saturated heterocycles. The van der Waals surface area contributed by atoms with Gasteiger partial charge in [0.05, 0.1) is 10.6 Å². The number of benzene rings is 3. The van der Waals surface area contributed by atoms with Gasteiger partial charge in [-0.25, -0.2) is 8.42 Å². The first-order chi connectivity index (χ1) is 17.4. The molecule has 10 heteroatoms. The van der Waals surface area contributed by atoms with E-state index in [1.54, 1.807) is 62.4 Å². The van der Waals surface area contributed by atoms with Crippen LogP contribution in [0.4, 0.5) is 5.69 Å². The molecular formula is C27H29Cl2N3O4S. The lowest BCUT2D eigenvalue weighted by atomic mass is 10.1. The predicted octanol–water partition coefficient (Wildman–Crippen LogP) is 4.97. The van der Waals surface area contributed by atoms with Gasteiger partial charge >= 0.3 is 0 Å². The van der Waals surface area contributed by atoms with Crippen LogP contribution in [0.15, 0.2) is 71.6 Å². The topological polar surface area (TPSA) is 86.8 Å². The predicted molar refractivity (Wildman–Crippen MR) is 147 cm³/mol. The van der Waals surface area contributed by atoms with E-state index in [4.69, 9.17) is 23.2 Å². The molecule has 0 spiro atoms. The minimum atomic E-state index is -4.16. The third-order valence-corrected chi connectivity index (χ3v) is 8.61. The van der Waals surface area contributed by atoms with Crippen LogP contribution in [0.3, 0.4) is 0 Å². The average molecular weight is 563 g/mol. The Morgan fingerprint density at radius 2 is 1.59 bits per heavy atom. The molecule has 0 unspecified atom stereocenters. The van der Waals surface area contributed by atoms with Crippen molar-refractivity contribution in [2.75, 3.05) is 17.9 Å². The van der Waals surface area contributed by atoms with Crippen molar-refractivity contribution in [1.29, 1.82) is 0 Å². The van der Waals surface area contributed by atoms with Crippen LogP contribution >= 0.6 is 23.2 Å². The number of hydrogen-bond donors (Lipinski definition) is 1. The van der Waals surface area contributed by atoms with E-state index < -0.39 is 34.4 Å². The summed E-state index contributed by atoms with van der Waals surface area (Å²) in [6.45, 7) is 4.69. The zero-order valence-corrected chi connectivity index (χ0v) is 23.4. The lowest BCUT2D eigenvalue weighted by molar-refractivity contribution is -0.139. The lowest BCUT2D eigenvalue weighted by Gasteiger charge is -2.32. The maximum Gasteiger partial charge on any atom is 0.264 e. The van der Waals surface area contributed by atoms with Crippen molar-refractivity contribution in [2.45, 2.75) is 38.3 Å². The van der Waals surface area contributed by atoms with Gasteiger partial charge < -0.3 is 10.2 Å². The Morgan fingerprint density at radius 3 is 2.19 bits per heavy atom. The van der Waals surface area contributed by atoms with Crippen molar-refractivity contribution in [3.8, 4) is 0 Å². The van der Waals surface area contributed by atoms with Gasteiger partial charge in [-0.2, -0.15) is 0 Å². The molecular weight excluding hydrogens is 533 g/mol. The van der Waals surface area contributed by atoms with Gasteiger partial charge in [0.25, 0.3) is 10.0 Å². The standard InChI is InChI=1S/C27H29Cl2N3O4S/c1-18-9-13-23(14-10-18)37(35,36)32(22-12-11-19(2)25(29)15-22)17-26(33)31(20(3)27(34)30-4)16-21-7-5-6-8-24(21)28/h5-15,20H,16-17H2,1-4H3,(H,30,34)/t20-/m1/s1. The second kappa shape index (κ2) is 12.0. The lowest BCUT2D eigenvalue weighted by Crippen LogP contribution is -2.50. The van der Waals surface area contributed by atoms with Crippen molar-refractivity contribution in [1.82, 2.24) is 10.2 Å². The Balaban J connectivity index is 2.07. The van der Waals surface area contributed by atoms with Gasteiger partial charge in [-0.05, 0) is 62.2 Å². The van der Waals surface area contributed by atoms with Crippen LogP contribution < -0.4 is 9.62 Å². The molecule has 0 radical (unpaired) electrons. The Hall–Kier alpha value is -3.07. The van der Waals surface area contributed by atoms with Crippen molar-refractivity contribution < 1.29 is 18.0 Å². The van der Waals surface area contributed by atoms with Gasteiger partial charge in [-0.3, -0.25) is 13.9 Å². The first-order valence-electron chi connectivity index (χ1n) is 11.6. The number of halogens is 2. The Labute approximate surface area is 228 Å². The monoisotopic (exact) mass is 561 g/mol. The fourth-order valence-electron chi connectivity index (χ4n) is 3.70. The first kappa shape index (κ1) is 28.5. The second-order valence-corrected chi connectivity index (χ2v) is 11.3. The quantitative estimate of drug-likeness (QED) is 0.399. The summed E-state index contributed by atoms with van der Waals surface area (Å²) in [6, 6.07) is 17.2. The van der Waals surface area contributed by atoms with Gasteiger partial charge in [-0.15, -0.1) is 0 Å². The summed E-state index contributed by atoms with van der Waals surface area (Å²) in [5.74, 6) is -0.977. The summed E-state index contributed by atoms with van der Waals surface area (Å²) in [5, 5.41) is 3.34. The molecule has 1 N–H and O–H groups in total. The molecule has 0 aromatic heterocycles. The minimum Gasteiger partial charge on any atom is -0.357 e. The SMILES string of the molecule is CNC(=O)[C@@H](C)N(Cc1ccccc1Cl)C(=O)CN(c1ccc(C)c(Cl)c1)S(=O)(=O)c1ccc(C)cc1. The molecule has 3 aromatic carbocycles. The summed E-state index contributed by atoms with van der Waals surface area (Å²) < 4.78 is 28.6. The van der Waals surface area contributed by atoms with Crippen molar-refractivity contribution in [3.63, 3.8) is 0 Å². The van der Waals surface area contributed by atoms with Crippen molar-refractivity contribution in [2.24, 2.45) is 0 Å². The van der Waals surface area contributed by atoms with Crippen LogP contribution in [0, 0.1) is 13.8 Å². The zero-order chi connectivity index (χ0) is 27.3. The summed E-state index contributed by atoms with van der Waals surface area (Å²) in [4.78, 5) is 27.6. The molecule has 0 bridgehead atoms. The molecule has 0 heterocycles. The number of sulfonamides is 1. The number of nitrogens with one attached hydrogen (secondary N) is 1. The maximum absolute atomic E-state index is 13.8. The summed E-state index contributed by atoms with van der Waals surface area (Å²) in [7, 11) is -2.69. The van der Waals surface area contributed by atoms with E-state index in [0.29, 0.717) is 15.6 Å². The fourth-order valence-corrected chi connectivity index (χ4v) is 5.48. The normalized spacial score (nSPS) is 12.1. The van der Waals surface area contributed by atoms with Crippen LogP contribution in [0.5, 0.6) is 0 Å². The molecule has 196 valence electrons. The van der Waals surface area contributed by atoms with Gasteiger partial charge in [0.1, 0.15) is 12.6 Å². The van der Waals surface area contributed by atoms with Gasteiger partial charge in [0, 0.05) is 23.6 Å². The number of likely N-dealkylation sites (N-methyl/N-ethyl adjacent to an activating group) is 1. The van der Waals surface area contributed by atoms with Crippen molar-refractivity contribution >= 4 is 50.7 Å². The summed E-state index contributed by atoms with van der Waals surface area (Å²) in [5.41, 5.74) is 2.51. The fraction of sp³-hybridized carbons (Fsp3) is 0.259. The van der Waals surface area contributed by atoms with E-state index in [-0.39, 0.29) is 17.1 Å². The highest BCUT2D eigenvalue weighted by Crippen LogP contribution is 2.29. The highest BCUT2D eigenvalue weighted by molar-refractivity contribution is 7.92. The number of anilines is 1. The molecule has 3 aromatic rings. The molecule has 0 saturated carbocycles. The first-order valence-corrected chi connectivity index (χ1v) is 13.7. The molecule has 0 aliphatic heterocycles. The van der Waals surface area contributed by atoms with E-state index >= 15 is 0 Å². The van der Waals surface area contributed by atoms with E-state index in [1.807, 2.05) is 6.92 Å². The van der Waals surface area contributed by atoms with Gasteiger partial charge in [0.2, 0.25) is 11.8 Å². The Bertz CT molecular complexity index is 1400. The summed E-state index contributed by atoms with van der Waals surface area (Å²) >= 11 is 12.7. The smallest absolute Gasteiger partial charge is 0.264 e. The number of amides is 2. The highest BCUT2D eigenvalue weighted by Gasteiger charge is 2.32. The maximum atomic E-state index is 13.8. The second-order valence-electron chi connectivity index (χ2n) is 8.66. The van der Waals surface area contributed by atoms with Crippen molar-refractivity contribution in [3.05, 3.63) is 93.5 Å². The Morgan fingerprint density at radius 1 is 0.946 bits per heavy atom. The third kappa shape index (κ3) is 6.63. The van der Waals surface area contributed by atoms with E-state index in [0.717, 1.165) is 15.4 Å².